The number of hydrogen-bond donors (Lipinski definition) is 1. The molecule has 2 aliphatic heterocycles. The van der Waals surface area contributed by atoms with Gasteiger partial charge in [-0.25, -0.2) is 0 Å². The minimum atomic E-state index is -0.0224. The van der Waals surface area contributed by atoms with Gasteiger partial charge in [-0.15, -0.1) is 0 Å². The number of rotatable bonds is 1. The summed E-state index contributed by atoms with van der Waals surface area (Å²) >= 11 is 0. The molecule has 0 aromatic heterocycles. The normalized spacial score (nSPS) is 23.5. The maximum atomic E-state index is 11.5. The molecule has 1 N–H and O–H groups in total. The van der Waals surface area contributed by atoms with E-state index in [-0.39, 0.29) is 18.6 Å². The Labute approximate surface area is 106 Å². The molecule has 1 saturated heterocycles. The first-order valence-corrected chi connectivity index (χ1v) is 6.11. The third-order valence-corrected chi connectivity index (χ3v) is 3.37. The molecule has 0 spiro atoms. The fourth-order valence-electron chi connectivity index (χ4n) is 2.27. The molecule has 3 rings (SSSR count). The standard InChI is InChI=1S/C13H16N2O3/c1-15-10-3-2-9(12-7-14-4-5-17-12)6-11(10)18-8-13(15)16/h2-3,6,12,14H,4-5,7-8H2,1H3. The largest absolute Gasteiger partial charge is 0.482 e. The summed E-state index contributed by atoms with van der Waals surface area (Å²) in [7, 11) is 1.77. The number of morpholine rings is 1. The molecule has 1 fully saturated rings. The Kier molecular flexibility index (Phi) is 2.93. The summed E-state index contributed by atoms with van der Waals surface area (Å²) in [5.74, 6) is 0.731. The molecule has 2 aliphatic rings. The van der Waals surface area contributed by atoms with E-state index in [0.717, 1.165) is 36.7 Å². The third-order valence-electron chi connectivity index (χ3n) is 3.37. The number of nitrogens with one attached hydrogen (secondary N) is 1. The number of fused-ring (bicyclic) bond motifs is 1. The predicted molar refractivity (Wildman–Crippen MR) is 66.9 cm³/mol. The van der Waals surface area contributed by atoms with Crippen LogP contribution in [0.25, 0.3) is 0 Å². The lowest BCUT2D eigenvalue weighted by Gasteiger charge is -2.28. The van der Waals surface area contributed by atoms with Gasteiger partial charge in [-0.2, -0.15) is 0 Å². The minimum absolute atomic E-state index is 0.0224. The van der Waals surface area contributed by atoms with Crippen molar-refractivity contribution in [2.75, 3.05) is 38.3 Å². The Balaban J connectivity index is 1.89. The summed E-state index contributed by atoms with van der Waals surface area (Å²) in [6.07, 6.45) is 0.0654. The Hall–Kier alpha value is -1.59. The number of ether oxygens (including phenoxy) is 2. The fraction of sp³-hybridized carbons (Fsp3) is 0.462. The predicted octanol–water partition coefficient (Wildman–Crippen LogP) is 0.703. The number of hydrogen-bond acceptors (Lipinski definition) is 4. The summed E-state index contributed by atoms with van der Waals surface area (Å²) in [5.41, 5.74) is 1.91. The van der Waals surface area contributed by atoms with Gasteiger partial charge in [0, 0.05) is 20.1 Å². The third kappa shape index (κ3) is 1.95. The van der Waals surface area contributed by atoms with Crippen molar-refractivity contribution >= 4 is 11.6 Å². The maximum absolute atomic E-state index is 11.5. The first kappa shape index (κ1) is 11.5. The Morgan fingerprint density at radius 2 is 2.33 bits per heavy atom. The molecule has 0 bridgehead atoms. The molecule has 5 nitrogen and oxygen atoms in total. The van der Waals surface area contributed by atoms with E-state index in [9.17, 15) is 4.79 Å². The van der Waals surface area contributed by atoms with E-state index in [1.807, 2.05) is 18.2 Å². The van der Waals surface area contributed by atoms with Gasteiger partial charge in [-0.3, -0.25) is 4.79 Å². The topological polar surface area (TPSA) is 50.8 Å². The number of benzene rings is 1. The maximum Gasteiger partial charge on any atom is 0.264 e. The molecule has 1 atom stereocenters. The minimum Gasteiger partial charge on any atom is -0.482 e. The van der Waals surface area contributed by atoms with Crippen LogP contribution < -0.4 is 15.0 Å². The summed E-state index contributed by atoms with van der Waals surface area (Å²) in [4.78, 5) is 13.1. The van der Waals surface area contributed by atoms with E-state index in [1.165, 1.54) is 0 Å². The average Bonchev–Trinajstić information content (AvgIpc) is 2.44. The Morgan fingerprint density at radius 1 is 1.44 bits per heavy atom. The van der Waals surface area contributed by atoms with Crippen molar-refractivity contribution in [3.05, 3.63) is 23.8 Å². The van der Waals surface area contributed by atoms with E-state index in [1.54, 1.807) is 11.9 Å². The van der Waals surface area contributed by atoms with E-state index in [0.29, 0.717) is 0 Å². The molecular formula is C13H16N2O3. The van der Waals surface area contributed by atoms with Crippen LogP contribution >= 0.6 is 0 Å². The highest BCUT2D eigenvalue weighted by Crippen LogP contribution is 2.34. The van der Waals surface area contributed by atoms with E-state index < -0.39 is 0 Å². The quantitative estimate of drug-likeness (QED) is 0.795. The molecule has 18 heavy (non-hydrogen) atoms. The van der Waals surface area contributed by atoms with Crippen molar-refractivity contribution in [1.82, 2.24) is 5.32 Å². The number of anilines is 1. The highest BCUT2D eigenvalue weighted by Gasteiger charge is 2.24. The van der Waals surface area contributed by atoms with Crippen LogP contribution in [0.2, 0.25) is 0 Å². The van der Waals surface area contributed by atoms with Crippen molar-refractivity contribution in [2.45, 2.75) is 6.10 Å². The van der Waals surface area contributed by atoms with Crippen LogP contribution in [0, 0.1) is 0 Å². The summed E-state index contributed by atoms with van der Waals surface area (Å²) in [6, 6.07) is 5.88. The fourth-order valence-corrected chi connectivity index (χ4v) is 2.27. The second-order valence-electron chi connectivity index (χ2n) is 4.53. The van der Waals surface area contributed by atoms with E-state index in [4.69, 9.17) is 9.47 Å². The molecule has 0 saturated carbocycles. The zero-order chi connectivity index (χ0) is 12.5. The Bertz CT molecular complexity index is 469. The van der Waals surface area contributed by atoms with Gasteiger partial charge in [-0.1, -0.05) is 6.07 Å². The summed E-state index contributed by atoms with van der Waals surface area (Å²) in [6.45, 7) is 2.54. The van der Waals surface area contributed by atoms with E-state index >= 15 is 0 Å². The summed E-state index contributed by atoms with van der Waals surface area (Å²) < 4.78 is 11.2. The number of carbonyl (C=O) groups is 1. The number of likely N-dealkylation sites (N-methyl/N-ethyl adjacent to an activating group) is 1. The zero-order valence-corrected chi connectivity index (χ0v) is 10.3. The molecule has 96 valence electrons. The Morgan fingerprint density at radius 3 is 3.11 bits per heavy atom. The summed E-state index contributed by atoms with van der Waals surface area (Å²) in [5, 5.41) is 3.30. The zero-order valence-electron chi connectivity index (χ0n) is 10.3. The lowest BCUT2D eigenvalue weighted by atomic mass is 10.1. The molecule has 0 radical (unpaired) electrons. The van der Waals surface area contributed by atoms with Crippen LogP contribution in [-0.2, 0) is 9.53 Å². The highest BCUT2D eigenvalue weighted by molar-refractivity contribution is 5.97. The molecule has 5 heteroatoms. The van der Waals surface area contributed by atoms with Crippen LogP contribution in [0.4, 0.5) is 5.69 Å². The highest BCUT2D eigenvalue weighted by atomic mass is 16.5. The van der Waals surface area contributed by atoms with Gasteiger partial charge in [0.2, 0.25) is 0 Å². The number of carbonyl (C=O) groups excluding carboxylic acids is 1. The van der Waals surface area contributed by atoms with Crippen LogP contribution in [-0.4, -0.2) is 39.3 Å². The van der Waals surface area contributed by atoms with Crippen molar-refractivity contribution in [3.8, 4) is 5.75 Å². The molecule has 1 unspecified atom stereocenters. The molecular weight excluding hydrogens is 232 g/mol. The monoisotopic (exact) mass is 248 g/mol. The van der Waals surface area contributed by atoms with Gasteiger partial charge in [0.1, 0.15) is 5.75 Å². The van der Waals surface area contributed by atoms with E-state index in [2.05, 4.69) is 5.32 Å². The first-order chi connectivity index (χ1) is 8.75. The van der Waals surface area contributed by atoms with Gasteiger partial charge in [0.15, 0.2) is 6.61 Å². The van der Waals surface area contributed by atoms with Crippen molar-refractivity contribution in [3.63, 3.8) is 0 Å². The SMILES string of the molecule is CN1C(=O)COc2cc(C3CNCCO3)ccc21. The van der Waals surface area contributed by atoms with Gasteiger partial charge in [0.05, 0.1) is 18.4 Å². The van der Waals surface area contributed by atoms with Crippen LogP contribution in [0.1, 0.15) is 11.7 Å². The first-order valence-electron chi connectivity index (χ1n) is 6.11. The van der Waals surface area contributed by atoms with Crippen molar-refractivity contribution in [2.24, 2.45) is 0 Å². The lowest BCUT2D eigenvalue weighted by molar-refractivity contribution is -0.120. The number of amides is 1. The average molecular weight is 248 g/mol. The molecule has 1 aromatic rings. The molecule has 1 amide bonds. The van der Waals surface area contributed by atoms with Crippen molar-refractivity contribution in [1.29, 1.82) is 0 Å². The van der Waals surface area contributed by atoms with Crippen LogP contribution in [0.15, 0.2) is 18.2 Å². The second-order valence-corrected chi connectivity index (χ2v) is 4.53. The van der Waals surface area contributed by atoms with Gasteiger partial charge in [-0.05, 0) is 17.7 Å². The van der Waals surface area contributed by atoms with Crippen LogP contribution in [0.5, 0.6) is 5.75 Å². The second kappa shape index (κ2) is 4.59. The molecule has 1 aromatic carbocycles. The van der Waals surface area contributed by atoms with Gasteiger partial charge >= 0.3 is 0 Å². The molecule has 2 heterocycles. The van der Waals surface area contributed by atoms with Gasteiger partial charge in [0.25, 0.3) is 5.91 Å². The number of nitrogens with zero attached hydrogens (tertiary/aromatic N) is 1. The molecule has 0 aliphatic carbocycles. The lowest BCUT2D eigenvalue weighted by Crippen LogP contribution is -2.36. The van der Waals surface area contributed by atoms with Crippen LogP contribution in [0.3, 0.4) is 0 Å². The smallest absolute Gasteiger partial charge is 0.264 e. The van der Waals surface area contributed by atoms with Gasteiger partial charge < -0.3 is 19.7 Å². The van der Waals surface area contributed by atoms with Crippen molar-refractivity contribution < 1.29 is 14.3 Å².